The number of hydrogen-bond donors (Lipinski definition) is 1. The minimum Gasteiger partial charge on any atom is -0.465 e. The zero-order chi connectivity index (χ0) is 19.0. The van der Waals surface area contributed by atoms with Crippen molar-refractivity contribution in [2.24, 2.45) is 0 Å². The molecule has 6 heteroatoms. The van der Waals surface area contributed by atoms with Crippen molar-refractivity contribution < 1.29 is 13.9 Å². The molecule has 0 saturated heterocycles. The van der Waals surface area contributed by atoms with Crippen LogP contribution in [0.15, 0.2) is 64.8 Å². The lowest BCUT2D eigenvalue weighted by molar-refractivity contribution is 0.0600. The third-order valence-corrected chi connectivity index (χ3v) is 4.71. The zero-order valence-corrected chi connectivity index (χ0v) is 15.3. The Bertz CT molecular complexity index is 1090. The van der Waals surface area contributed by atoms with Crippen LogP contribution in [0.5, 0.6) is 0 Å². The van der Waals surface area contributed by atoms with Gasteiger partial charge in [-0.05, 0) is 32.0 Å². The number of allylic oxidation sites excluding steroid dienone is 4. The summed E-state index contributed by atoms with van der Waals surface area (Å²) in [6, 6.07) is 9.34. The van der Waals surface area contributed by atoms with Crippen molar-refractivity contribution >= 4 is 22.6 Å². The van der Waals surface area contributed by atoms with Crippen LogP contribution in [-0.2, 0) is 4.74 Å². The maximum atomic E-state index is 12.3. The molecule has 0 spiro atoms. The summed E-state index contributed by atoms with van der Waals surface area (Å²) in [6.07, 6.45) is 5.23. The van der Waals surface area contributed by atoms with Crippen LogP contribution in [0.3, 0.4) is 0 Å². The Morgan fingerprint density at radius 1 is 1.19 bits per heavy atom. The molecule has 1 aliphatic heterocycles. The Labute approximate surface area is 156 Å². The Morgan fingerprint density at radius 2 is 2.04 bits per heavy atom. The van der Waals surface area contributed by atoms with E-state index in [0.29, 0.717) is 11.3 Å². The van der Waals surface area contributed by atoms with Gasteiger partial charge in [0.25, 0.3) is 0 Å². The van der Waals surface area contributed by atoms with E-state index in [9.17, 15) is 4.79 Å². The summed E-state index contributed by atoms with van der Waals surface area (Å²) in [4.78, 5) is 21.1. The molecule has 0 radical (unpaired) electrons. The van der Waals surface area contributed by atoms with Crippen LogP contribution in [0, 0.1) is 0 Å². The van der Waals surface area contributed by atoms with E-state index in [1.165, 1.54) is 13.5 Å². The van der Waals surface area contributed by atoms with Gasteiger partial charge in [0.2, 0.25) is 0 Å². The largest absolute Gasteiger partial charge is 0.465 e. The number of ether oxygens (including phenoxy) is 1. The summed E-state index contributed by atoms with van der Waals surface area (Å²) in [5, 5.41) is 3.36. The van der Waals surface area contributed by atoms with Gasteiger partial charge in [-0.1, -0.05) is 18.2 Å². The molecule has 3 heterocycles. The first-order valence-corrected chi connectivity index (χ1v) is 8.62. The van der Waals surface area contributed by atoms with Gasteiger partial charge >= 0.3 is 5.97 Å². The maximum Gasteiger partial charge on any atom is 0.340 e. The molecule has 1 unspecified atom stereocenters. The second kappa shape index (κ2) is 6.72. The van der Waals surface area contributed by atoms with Gasteiger partial charge < -0.3 is 14.5 Å². The lowest BCUT2D eigenvalue weighted by Gasteiger charge is -2.27. The van der Waals surface area contributed by atoms with Gasteiger partial charge in [0, 0.05) is 34.6 Å². The lowest BCUT2D eigenvalue weighted by atomic mass is 9.83. The van der Waals surface area contributed by atoms with Crippen LogP contribution < -0.4 is 5.32 Å². The molecule has 4 rings (SSSR count). The molecule has 136 valence electrons. The standard InChI is InChI=1S/C21H19N3O3/c1-12-10-16(14-6-4-8-17-20(14)27-11-23-17)18(13(2)24-12)19-15(21(25)26-3)7-5-9-22-19/h4-11,16,24H,1-3H3. The molecule has 1 N–H and O–H groups in total. The van der Waals surface area contributed by atoms with Crippen molar-refractivity contribution in [3.63, 3.8) is 0 Å². The number of nitrogens with zero attached hydrogens (tertiary/aromatic N) is 2. The first-order valence-electron chi connectivity index (χ1n) is 8.62. The number of carbonyl (C=O) groups is 1. The highest BCUT2D eigenvalue weighted by atomic mass is 16.5. The van der Waals surface area contributed by atoms with E-state index in [4.69, 9.17) is 9.15 Å². The number of dihydropyridines is 1. The van der Waals surface area contributed by atoms with Crippen molar-refractivity contribution in [2.45, 2.75) is 19.8 Å². The first-order chi connectivity index (χ1) is 13.1. The van der Waals surface area contributed by atoms with Crippen LogP contribution in [0.4, 0.5) is 0 Å². The number of fused-ring (bicyclic) bond motifs is 1. The Kier molecular flexibility index (Phi) is 4.24. The molecule has 6 nitrogen and oxygen atoms in total. The van der Waals surface area contributed by atoms with Gasteiger partial charge in [0.1, 0.15) is 5.52 Å². The number of carbonyl (C=O) groups excluding carboxylic acids is 1. The number of benzene rings is 1. The number of pyridine rings is 1. The minimum absolute atomic E-state index is 0.138. The Morgan fingerprint density at radius 3 is 2.85 bits per heavy atom. The fourth-order valence-corrected chi connectivity index (χ4v) is 3.59. The van der Waals surface area contributed by atoms with Gasteiger partial charge in [-0.15, -0.1) is 0 Å². The summed E-state index contributed by atoms with van der Waals surface area (Å²) in [6.45, 7) is 3.99. The third-order valence-electron chi connectivity index (χ3n) is 4.71. The van der Waals surface area contributed by atoms with E-state index in [1.807, 2.05) is 32.0 Å². The average Bonchev–Trinajstić information content (AvgIpc) is 3.15. The summed E-state index contributed by atoms with van der Waals surface area (Å²) in [5.74, 6) is -0.553. The zero-order valence-electron chi connectivity index (χ0n) is 15.3. The number of methoxy groups -OCH3 is 1. The van der Waals surface area contributed by atoms with Crippen LogP contribution >= 0.6 is 0 Å². The Balaban J connectivity index is 1.95. The molecular formula is C21H19N3O3. The molecule has 1 aromatic carbocycles. The highest BCUT2D eigenvalue weighted by Gasteiger charge is 2.29. The summed E-state index contributed by atoms with van der Waals surface area (Å²) >= 11 is 0. The van der Waals surface area contributed by atoms with Crippen LogP contribution in [0.25, 0.3) is 16.7 Å². The summed E-state index contributed by atoms with van der Waals surface area (Å²) in [5.41, 5.74) is 6.39. The van der Waals surface area contributed by atoms with Gasteiger partial charge in [-0.3, -0.25) is 4.98 Å². The molecule has 0 saturated carbocycles. The second-order valence-corrected chi connectivity index (χ2v) is 6.43. The van der Waals surface area contributed by atoms with E-state index in [1.54, 1.807) is 18.3 Å². The predicted molar refractivity (Wildman–Crippen MR) is 102 cm³/mol. The molecule has 2 aromatic heterocycles. The smallest absolute Gasteiger partial charge is 0.340 e. The molecule has 3 aromatic rings. The molecule has 0 aliphatic carbocycles. The molecular weight excluding hydrogens is 342 g/mol. The number of oxazole rings is 1. The predicted octanol–water partition coefficient (Wildman–Crippen LogP) is 4.03. The van der Waals surface area contributed by atoms with Crippen molar-refractivity contribution in [1.82, 2.24) is 15.3 Å². The maximum absolute atomic E-state index is 12.3. The number of esters is 1. The molecule has 27 heavy (non-hydrogen) atoms. The van der Waals surface area contributed by atoms with Gasteiger partial charge in [0.05, 0.1) is 18.4 Å². The number of aromatic nitrogens is 2. The number of rotatable bonds is 3. The number of nitrogens with one attached hydrogen (secondary N) is 1. The highest BCUT2D eigenvalue weighted by molar-refractivity contribution is 5.96. The monoisotopic (exact) mass is 361 g/mol. The van der Waals surface area contributed by atoms with E-state index in [2.05, 4.69) is 21.4 Å². The summed E-state index contributed by atoms with van der Waals surface area (Å²) in [7, 11) is 1.37. The first kappa shape index (κ1) is 17.0. The van der Waals surface area contributed by atoms with Gasteiger partial charge in [-0.25, -0.2) is 9.78 Å². The van der Waals surface area contributed by atoms with E-state index < -0.39 is 5.97 Å². The van der Waals surface area contributed by atoms with Crippen LogP contribution in [0.1, 0.15) is 41.4 Å². The number of hydrogen-bond acceptors (Lipinski definition) is 6. The van der Waals surface area contributed by atoms with E-state index in [0.717, 1.165) is 33.6 Å². The number of para-hydroxylation sites is 1. The fraction of sp³-hybridized carbons (Fsp3) is 0.190. The van der Waals surface area contributed by atoms with Crippen molar-refractivity contribution in [3.8, 4) is 0 Å². The normalized spacial score (nSPS) is 16.9. The Hall–Kier alpha value is -3.41. The molecule has 1 atom stereocenters. The molecule has 0 bridgehead atoms. The quantitative estimate of drug-likeness (QED) is 0.710. The molecule has 0 fully saturated rings. The van der Waals surface area contributed by atoms with E-state index in [-0.39, 0.29) is 5.92 Å². The lowest BCUT2D eigenvalue weighted by Crippen LogP contribution is -2.21. The third kappa shape index (κ3) is 2.89. The van der Waals surface area contributed by atoms with Crippen molar-refractivity contribution in [3.05, 3.63) is 77.2 Å². The minimum atomic E-state index is -0.415. The fourth-order valence-electron chi connectivity index (χ4n) is 3.59. The van der Waals surface area contributed by atoms with Crippen LogP contribution in [-0.4, -0.2) is 23.0 Å². The van der Waals surface area contributed by atoms with Gasteiger partial charge in [0.15, 0.2) is 12.0 Å². The molecule has 0 amide bonds. The summed E-state index contributed by atoms with van der Waals surface area (Å²) < 4.78 is 10.6. The average molecular weight is 361 g/mol. The van der Waals surface area contributed by atoms with Crippen molar-refractivity contribution in [1.29, 1.82) is 0 Å². The van der Waals surface area contributed by atoms with Crippen molar-refractivity contribution in [2.75, 3.05) is 7.11 Å². The van der Waals surface area contributed by atoms with Crippen LogP contribution in [0.2, 0.25) is 0 Å². The van der Waals surface area contributed by atoms with E-state index >= 15 is 0 Å². The molecule has 1 aliphatic rings. The van der Waals surface area contributed by atoms with Gasteiger partial charge in [-0.2, -0.15) is 0 Å². The SMILES string of the molecule is COC(=O)c1cccnc1C1=C(C)NC(C)=CC1c1cccc2ncoc12. The highest BCUT2D eigenvalue weighted by Crippen LogP contribution is 2.41. The second-order valence-electron chi connectivity index (χ2n) is 6.43. The topological polar surface area (TPSA) is 77.2 Å².